The lowest BCUT2D eigenvalue weighted by Crippen LogP contribution is -2.41. The Morgan fingerprint density at radius 3 is 2.23 bits per heavy atom. The normalized spacial score (nSPS) is 15.6. The molecule has 2 N–H and O–H groups in total. The molecular weight excluding hydrogens is 376 g/mol. The summed E-state index contributed by atoms with van der Waals surface area (Å²) in [6, 6.07) is 19.4. The van der Waals surface area contributed by atoms with Gasteiger partial charge in [0.25, 0.3) is 5.56 Å². The molecule has 0 radical (unpaired) electrons. The molecular formula is C24H28N4O2. The molecule has 3 aromatic rings. The zero-order chi connectivity index (χ0) is 21.3. The molecule has 1 aliphatic carbocycles. The average Bonchev–Trinajstić information content (AvgIpc) is 3.58. The lowest BCUT2D eigenvalue weighted by Gasteiger charge is -2.23. The third kappa shape index (κ3) is 3.96. The number of hydrogen-bond donors (Lipinski definition) is 2. The van der Waals surface area contributed by atoms with E-state index in [1.165, 1.54) is 18.4 Å². The van der Waals surface area contributed by atoms with Crippen LogP contribution < -0.4 is 16.2 Å². The van der Waals surface area contributed by atoms with E-state index in [0.29, 0.717) is 17.3 Å². The summed E-state index contributed by atoms with van der Waals surface area (Å²) < 4.78 is 3.34. The van der Waals surface area contributed by atoms with E-state index < -0.39 is 6.04 Å². The minimum Gasteiger partial charge on any atom is -0.319 e. The second-order valence-electron chi connectivity index (χ2n) is 8.04. The van der Waals surface area contributed by atoms with E-state index in [2.05, 4.69) is 22.8 Å². The highest BCUT2D eigenvalue weighted by molar-refractivity contribution is 5.95. The second-order valence-corrected chi connectivity index (χ2v) is 8.04. The molecule has 1 aliphatic rings. The Morgan fingerprint density at radius 2 is 1.63 bits per heavy atom. The quantitative estimate of drug-likeness (QED) is 0.633. The maximum atomic E-state index is 13.0. The molecule has 2 aromatic carbocycles. The smallest absolute Gasteiger partial charge is 0.295 e. The first-order chi connectivity index (χ1) is 14.5. The second kappa shape index (κ2) is 8.32. The number of nitrogens with one attached hydrogen (secondary N) is 2. The van der Waals surface area contributed by atoms with E-state index in [9.17, 15) is 9.59 Å². The van der Waals surface area contributed by atoms with Crippen LogP contribution in [0.3, 0.4) is 0 Å². The monoisotopic (exact) mass is 404 g/mol. The summed E-state index contributed by atoms with van der Waals surface area (Å²) >= 11 is 0. The number of anilines is 1. The van der Waals surface area contributed by atoms with Gasteiger partial charge in [0.05, 0.1) is 17.4 Å². The van der Waals surface area contributed by atoms with Gasteiger partial charge in [-0.15, -0.1) is 0 Å². The van der Waals surface area contributed by atoms with Crippen molar-refractivity contribution in [2.45, 2.75) is 38.8 Å². The molecule has 0 saturated heterocycles. The summed E-state index contributed by atoms with van der Waals surface area (Å²) in [5, 5.41) is 6.35. The number of rotatable bonds is 7. The van der Waals surface area contributed by atoms with Gasteiger partial charge < -0.3 is 5.32 Å². The van der Waals surface area contributed by atoms with Gasteiger partial charge in [-0.2, -0.15) is 0 Å². The van der Waals surface area contributed by atoms with Gasteiger partial charge in [-0.05, 0) is 50.3 Å². The topological polar surface area (TPSA) is 68.1 Å². The molecule has 0 bridgehead atoms. The predicted octanol–water partition coefficient (Wildman–Crippen LogP) is 3.55. The Bertz CT molecular complexity index is 1080. The van der Waals surface area contributed by atoms with Gasteiger partial charge in [-0.25, -0.2) is 4.68 Å². The Labute approximate surface area is 176 Å². The van der Waals surface area contributed by atoms with E-state index in [4.69, 9.17) is 0 Å². The van der Waals surface area contributed by atoms with Crippen LogP contribution in [-0.4, -0.2) is 21.3 Å². The van der Waals surface area contributed by atoms with Crippen LogP contribution in [0.5, 0.6) is 0 Å². The molecule has 6 heteroatoms. The number of benzene rings is 2. The molecule has 4 rings (SSSR count). The van der Waals surface area contributed by atoms with Crippen molar-refractivity contribution in [2.24, 2.45) is 13.0 Å². The Morgan fingerprint density at radius 1 is 1.03 bits per heavy atom. The number of carbonyl (C=O) groups excluding carboxylic acids is 1. The van der Waals surface area contributed by atoms with Crippen LogP contribution in [0.25, 0.3) is 5.69 Å². The van der Waals surface area contributed by atoms with Crippen LogP contribution in [0, 0.1) is 12.8 Å². The van der Waals surface area contributed by atoms with Crippen LogP contribution in [0.2, 0.25) is 0 Å². The van der Waals surface area contributed by atoms with Gasteiger partial charge in [0.2, 0.25) is 5.91 Å². The van der Waals surface area contributed by atoms with Crippen LogP contribution in [0.1, 0.15) is 37.1 Å². The largest absolute Gasteiger partial charge is 0.319 e. The highest BCUT2D eigenvalue weighted by Gasteiger charge is 2.34. The maximum absolute atomic E-state index is 13.0. The summed E-state index contributed by atoms with van der Waals surface area (Å²) in [7, 11) is 1.82. The van der Waals surface area contributed by atoms with Crippen molar-refractivity contribution in [3.63, 3.8) is 0 Å². The number of hydrogen-bond acceptors (Lipinski definition) is 3. The van der Waals surface area contributed by atoms with Crippen molar-refractivity contribution in [1.29, 1.82) is 0 Å². The Balaban J connectivity index is 1.53. The molecule has 156 valence electrons. The van der Waals surface area contributed by atoms with Crippen LogP contribution in [-0.2, 0) is 11.8 Å². The third-order valence-corrected chi connectivity index (χ3v) is 5.88. The van der Waals surface area contributed by atoms with Gasteiger partial charge in [-0.1, -0.05) is 48.5 Å². The number of amides is 1. The van der Waals surface area contributed by atoms with Crippen molar-refractivity contribution in [1.82, 2.24) is 14.7 Å². The molecule has 1 heterocycles. The molecule has 1 fully saturated rings. The van der Waals surface area contributed by atoms with Crippen LogP contribution in [0.4, 0.5) is 5.69 Å². The van der Waals surface area contributed by atoms with Crippen LogP contribution in [0.15, 0.2) is 65.5 Å². The molecule has 0 aliphatic heterocycles. The molecule has 1 saturated carbocycles. The minimum absolute atomic E-state index is 0.143. The molecule has 2 unspecified atom stereocenters. The summed E-state index contributed by atoms with van der Waals surface area (Å²) in [4.78, 5) is 26.0. The average molecular weight is 405 g/mol. The summed E-state index contributed by atoms with van der Waals surface area (Å²) in [6.07, 6.45) is 2.33. The standard InChI is InChI=1S/C24H28N4O2/c1-16(25-22(19-14-15-19)18-10-6-4-7-11-18)23(29)26-21-17(2)27(3)28(24(21)30)20-12-8-5-9-13-20/h4-13,16,19,22,25H,14-15H2,1-3H3,(H,26,29). The third-order valence-electron chi connectivity index (χ3n) is 5.88. The van der Waals surface area contributed by atoms with E-state index >= 15 is 0 Å². The molecule has 1 aromatic heterocycles. The van der Waals surface area contributed by atoms with Gasteiger partial charge >= 0.3 is 0 Å². The van der Waals surface area contributed by atoms with Gasteiger partial charge in [0.15, 0.2) is 0 Å². The number of nitrogens with zero attached hydrogens (tertiary/aromatic N) is 2. The first-order valence-corrected chi connectivity index (χ1v) is 10.4. The van der Waals surface area contributed by atoms with Crippen molar-refractivity contribution < 1.29 is 4.79 Å². The molecule has 2 atom stereocenters. The molecule has 30 heavy (non-hydrogen) atoms. The van der Waals surface area contributed by atoms with Crippen molar-refractivity contribution in [3.8, 4) is 5.69 Å². The zero-order valence-electron chi connectivity index (χ0n) is 17.6. The molecule has 6 nitrogen and oxygen atoms in total. The van der Waals surface area contributed by atoms with Crippen molar-refractivity contribution in [3.05, 3.63) is 82.3 Å². The minimum atomic E-state index is -0.431. The molecule has 0 spiro atoms. The summed E-state index contributed by atoms with van der Waals surface area (Å²) in [6.45, 7) is 3.69. The van der Waals surface area contributed by atoms with Crippen molar-refractivity contribution >= 4 is 11.6 Å². The summed E-state index contributed by atoms with van der Waals surface area (Å²) in [5.74, 6) is 0.346. The lowest BCUT2D eigenvalue weighted by atomic mass is 10.0. The van der Waals surface area contributed by atoms with E-state index in [1.54, 1.807) is 9.36 Å². The van der Waals surface area contributed by atoms with E-state index in [0.717, 1.165) is 5.69 Å². The van der Waals surface area contributed by atoms with Gasteiger partial charge in [0.1, 0.15) is 5.69 Å². The number of aromatic nitrogens is 2. The van der Waals surface area contributed by atoms with Gasteiger partial charge in [-0.3, -0.25) is 19.6 Å². The van der Waals surface area contributed by atoms with Crippen LogP contribution >= 0.6 is 0 Å². The first-order valence-electron chi connectivity index (χ1n) is 10.4. The maximum Gasteiger partial charge on any atom is 0.295 e. The highest BCUT2D eigenvalue weighted by Crippen LogP contribution is 2.41. The summed E-state index contributed by atoms with van der Waals surface area (Å²) in [5.41, 5.74) is 2.76. The molecule has 1 amide bonds. The Kier molecular flexibility index (Phi) is 5.59. The lowest BCUT2D eigenvalue weighted by molar-refractivity contribution is -0.118. The number of carbonyl (C=O) groups is 1. The fourth-order valence-corrected chi connectivity index (χ4v) is 3.88. The fraction of sp³-hybridized carbons (Fsp3) is 0.333. The fourth-order valence-electron chi connectivity index (χ4n) is 3.88. The zero-order valence-corrected chi connectivity index (χ0v) is 17.6. The Hall–Kier alpha value is -3.12. The van der Waals surface area contributed by atoms with Crippen molar-refractivity contribution in [2.75, 3.05) is 5.32 Å². The highest BCUT2D eigenvalue weighted by atomic mass is 16.2. The van der Waals surface area contributed by atoms with E-state index in [1.807, 2.05) is 69.4 Å². The number of para-hydroxylation sites is 1. The SMILES string of the molecule is Cc1c(NC(=O)C(C)NC(c2ccccc2)C2CC2)c(=O)n(-c2ccccc2)n1C. The van der Waals surface area contributed by atoms with E-state index in [-0.39, 0.29) is 17.5 Å². The van der Waals surface area contributed by atoms with Gasteiger partial charge in [0, 0.05) is 13.1 Å². The predicted molar refractivity (Wildman–Crippen MR) is 119 cm³/mol. The first kappa shape index (κ1) is 20.2.